The molecule has 0 saturated heterocycles. The molecule has 2 aromatic rings. The van der Waals surface area contributed by atoms with E-state index in [4.69, 9.17) is 5.73 Å². The Balaban J connectivity index is 1.68. The summed E-state index contributed by atoms with van der Waals surface area (Å²) in [6.07, 6.45) is 1.91. The van der Waals surface area contributed by atoms with Gasteiger partial charge in [-0.05, 0) is 12.0 Å². The van der Waals surface area contributed by atoms with Crippen molar-refractivity contribution in [1.29, 1.82) is 0 Å². The molecule has 1 atom stereocenters. The molecule has 4 nitrogen and oxygen atoms in total. The van der Waals surface area contributed by atoms with Crippen LogP contribution in [0.15, 0.2) is 35.7 Å². The Morgan fingerprint density at radius 2 is 2.17 bits per heavy atom. The maximum absolute atomic E-state index is 12.1. The third-order valence-electron chi connectivity index (χ3n) is 3.31. The van der Waals surface area contributed by atoms with E-state index in [2.05, 4.69) is 29.4 Å². The highest BCUT2D eigenvalue weighted by Crippen LogP contribution is 2.20. The molecule has 6 heteroatoms. The van der Waals surface area contributed by atoms with Crippen LogP contribution < -0.4 is 11.1 Å². The van der Waals surface area contributed by atoms with Crippen molar-refractivity contribution in [3.05, 3.63) is 52.0 Å². The molecule has 0 spiro atoms. The van der Waals surface area contributed by atoms with Gasteiger partial charge in [-0.1, -0.05) is 43.7 Å². The molecule has 1 amide bonds. The maximum Gasteiger partial charge on any atom is 0.270 e. The Bertz CT molecular complexity index is 601. The van der Waals surface area contributed by atoms with E-state index in [1.165, 1.54) is 16.9 Å². The number of benzene rings is 1. The van der Waals surface area contributed by atoms with Gasteiger partial charge in [0.1, 0.15) is 10.7 Å². The minimum absolute atomic E-state index is 0.0621. The number of carbonyl (C=O) groups is 1. The number of amides is 1. The van der Waals surface area contributed by atoms with Gasteiger partial charge in [0.05, 0.1) is 6.04 Å². The number of thioether (sulfide) groups is 1. The Hall–Kier alpha value is -1.37. The molecule has 0 aliphatic heterocycles. The fourth-order valence-corrected chi connectivity index (χ4v) is 3.74. The molecule has 0 saturated carbocycles. The summed E-state index contributed by atoms with van der Waals surface area (Å²) in [5.74, 6) is 1.73. The average molecular weight is 350 g/mol. The van der Waals surface area contributed by atoms with Crippen LogP contribution in [-0.4, -0.2) is 23.2 Å². The quantitative estimate of drug-likeness (QED) is 0.679. The van der Waals surface area contributed by atoms with Crippen LogP contribution in [0.25, 0.3) is 0 Å². The fraction of sp³-hybridized carbons (Fsp3) is 0.412. The van der Waals surface area contributed by atoms with Gasteiger partial charge in [0.15, 0.2) is 0 Å². The number of hydrogen-bond acceptors (Lipinski definition) is 5. The highest BCUT2D eigenvalue weighted by atomic mass is 32.2. The SMILES string of the molecule is CCCC(N)c1nc(C(=O)NCCSCc2ccccc2)cs1. The molecule has 0 bridgehead atoms. The Morgan fingerprint density at radius 3 is 2.91 bits per heavy atom. The summed E-state index contributed by atoms with van der Waals surface area (Å²) in [6, 6.07) is 10.3. The van der Waals surface area contributed by atoms with Crippen LogP contribution in [0, 0.1) is 0 Å². The van der Waals surface area contributed by atoms with E-state index in [9.17, 15) is 4.79 Å². The highest BCUT2D eigenvalue weighted by molar-refractivity contribution is 7.98. The normalized spacial score (nSPS) is 12.1. The molecule has 0 aliphatic carbocycles. The molecule has 23 heavy (non-hydrogen) atoms. The van der Waals surface area contributed by atoms with E-state index >= 15 is 0 Å². The van der Waals surface area contributed by atoms with Gasteiger partial charge in [0.25, 0.3) is 5.91 Å². The number of carbonyl (C=O) groups excluding carboxylic acids is 1. The van der Waals surface area contributed by atoms with Crippen LogP contribution >= 0.6 is 23.1 Å². The van der Waals surface area contributed by atoms with E-state index in [1.807, 2.05) is 30.0 Å². The molecular weight excluding hydrogens is 326 g/mol. The molecule has 0 aliphatic rings. The van der Waals surface area contributed by atoms with Crippen molar-refractivity contribution >= 4 is 29.0 Å². The van der Waals surface area contributed by atoms with Crippen LogP contribution in [0.3, 0.4) is 0 Å². The Morgan fingerprint density at radius 1 is 1.39 bits per heavy atom. The smallest absolute Gasteiger partial charge is 0.270 e. The number of thiazole rings is 1. The number of hydrogen-bond donors (Lipinski definition) is 2. The van der Waals surface area contributed by atoms with Crippen LogP contribution in [0.2, 0.25) is 0 Å². The topological polar surface area (TPSA) is 68.0 Å². The van der Waals surface area contributed by atoms with Gasteiger partial charge >= 0.3 is 0 Å². The van der Waals surface area contributed by atoms with Crippen molar-refractivity contribution in [3.8, 4) is 0 Å². The lowest BCUT2D eigenvalue weighted by Gasteiger charge is -2.05. The van der Waals surface area contributed by atoms with E-state index < -0.39 is 0 Å². The van der Waals surface area contributed by atoms with Crippen molar-refractivity contribution < 1.29 is 4.79 Å². The fourth-order valence-electron chi connectivity index (χ4n) is 2.09. The van der Waals surface area contributed by atoms with E-state index in [0.717, 1.165) is 29.4 Å². The van der Waals surface area contributed by atoms with Gasteiger partial charge in [-0.15, -0.1) is 11.3 Å². The first kappa shape index (κ1) is 18.0. The molecule has 0 fully saturated rings. The zero-order valence-corrected chi connectivity index (χ0v) is 15.0. The van der Waals surface area contributed by atoms with Gasteiger partial charge < -0.3 is 11.1 Å². The van der Waals surface area contributed by atoms with Gasteiger partial charge in [-0.25, -0.2) is 4.98 Å². The van der Waals surface area contributed by atoms with E-state index in [-0.39, 0.29) is 11.9 Å². The van der Waals surface area contributed by atoms with E-state index in [0.29, 0.717) is 12.2 Å². The number of rotatable bonds is 9. The van der Waals surface area contributed by atoms with Crippen molar-refractivity contribution in [2.24, 2.45) is 5.73 Å². The van der Waals surface area contributed by atoms with Crippen LogP contribution in [0.4, 0.5) is 0 Å². The molecule has 3 N–H and O–H groups in total. The van der Waals surface area contributed by atoms with E-state index in [1.54, 1.807) is 5.38 Å². The predicted octanol–water partition coefficient (Wildman–Crippen LogP) is 3.61. The van der Waals surface area contributed by atoms with Crippen molar-refractivity contribution in [2.45, 2.75) is 31.6 Å². The zero-order valence-electron chi connectivity index (χ0n) is 13.3. The summed E-state index contributed by atoms with van der Waals surface area (Å²) in [5, 5.41) is 5.55. The monoisotopic (exact) mass is 349 g/mol. The van der Waals surface area contributed by atoms with Crippen LogP contribution in [-0.2, 0) is 5.75 Å². The number of nitrogens with one attached hydrogen (secondary N) is 1. The predicted molar refractivity (Wildman–Crippen MR) is 98.9 cm³/mol. The first-order valence-electron chi connectivity index (χ1n) is 7.81. The van der Waals surface area contributed by atoms with Crippen molar-refractivity contribution in [2.75, 3.05) is 12.3 Å². The van der Waals surface area contributed by atoms with Crippen LogP contribution in [0.5, 0.6) is 0 Å². The molecular formula is C17H23N3OS2. The van der Waals surface area contributed by atoms with Gasteiger partial charge in [0.2, 0.25) is 0 Å². The lowest BCUT2D eigenvalue weighted by molar-refractivity contribution is 0.0951. The highest BCUT2D eigenvalue weighted by Gasteiger charge is 2.14. The number of aromatic nitrogens is 1. The van der Waals surface area contributed by atoms with Gasteiger partial charge in [-0.3, -0.25) is 4.79 Å². The molecule has 1 aromatic heterocycles. The lowest BCUT2D eigenvalue weighted by Crippen LogP contribution is -2.26. The summed E-state index contributed by atoms with van der Waals surface area (Å²) in [4.78, 5) is 16.4. The third kappa shape index (κ3) is 5.97. The minimum atomic E-state index is -0.114. The Kier molecular flexibility index (Phi) is 7.58. The molecule has 1 aromatic carbocycles. The molecule has 1 heterocycles. The standard InChI is InChI=1S/C17H23N3OS2/c1-2-6-14(18)17-20-15(12-23-17)16(21)19-9-10-22-11-13-7-4-3-5-8-13/h3-5,7-8,12,14H,2,6,9-11,18H2,1H3,(H,19,21). The summed E-state index contributed by atoms with van der Waals surface area (Å²) in [6.45, 7) is 2.73. The van der Waals surface area contributed by atoms with Gasteiger partial charge in [-0.2, -0.15) is 11.8 Å². The summed E-state index contributed by atoms with van der Waals surface area (Å²) in [7, 11) is 0. The van der Waals surface area contributed by atoms with Gasteiger partial charge in [0, 0.05) is 23.4 Å². The second-order valence-corrected chi connectivity index (χ2v) is 7.26. The lowest BCUT2D eigenvalue weighted by atomic mass is 10.2. The third-order valence-corrected chi connectivity index (χ3v) is 5.32. The van der Waals surface area contributed by atoms with Crippen LogP contribution in [0.1, 0.15) is 46.9 Å². The van der Waals surface area contributed by atoms with Crippen molar-refractivity contribution in [3.63, 3.8) is 0 Å². The average Bonchev–Trinajstić information content (AvgIpc) is 3.06. The largest absolute Gasteiger partial charge is 0.350 e. The number of nitrogens with zero attached hydrogens (tertiary/aromatic N) is 1. The second-order valence-electron chi connectivity index (χ2n) is 5.26. The molecule has 0 radical (unpaired) electrons. The molecule has 124 valence electrons. The summed E-state index contributed by atoms with van der Waals surface area (Å²) >= 11 is 3.27. The second kappa shape index (κ2) is 9.70. The maximum atomic E-state index is 12.1. The van der Waals surface area contributed by atoms with Crippen molar-refractivity contribution in [1.82, 2.24) is 10.3 Å². The first-order chi connectivity index (χ1) is 11.2. The first-order valence-corrected chi connectivity index (χ1v) is 9.85. The minimum Gasteiger partial charge on any atom is -0.350 e. The number of nitrogens with two attached hydrogens (primary N) is 1. The molecule has 1 unspecified atom stereocenters. The molecule has 2 rings (SSSR count). The summed E-state index contributed by atoms with van der Waals surface area (Å²) < 4.78 is 0. The zero-order chi connectivity index (χ0) is 16.5. The summed E-state index contributed by atoms with van der Waals surface area (Å²) in [5.41, 5.74) is 7.81. The Labute approximate surface area is 145 Å².